The molecule has 0 spiro atoms. The molecule has 2 saturated heterocycles. The maximum atomic E-state index is 13.1. The van der Waals surface area contributed by atoms with Gasteiger partial charge in [0.2, 0.25) is 15.9 Å². The summed E-state index contributed by atoms with van der Waals surface area (Å²) in [7, 11) is -3.30. The first-order valence-corrected chi connectivity index (χ1v) is 14.1. The van der Waals surface area contributed by atoms with Crippen LogP contribution >= 0.6 is 0 Å². The van der Waals surface area contributed by atoms with Gasteiger partial charge in [-0.05, 0) is 62.2 Å². The van der Waals surface area contributed by atoms with E-state index >= 15 is 0 Å². The van der Waals surface area contributed by atoms with Crippen LogP contribution in [0.15, 0.2) is 0 Å². The Hall–Kier alpha value is -0.740. The molecule has 32 heavy (non-hydrogen) atoms. The number of aliphatic hydroxyl groups excluding tert-OH is 1. The van der Waals surface area contributed by atoms with E-state index in [0.29, 0.717) is 19.4 Å². The number of nitrogens with zero attached hydrogens (tertiary/aromatic N) is 1. The topological polar surface area (TPSA) is 105 Å². The van der Waals surface area contributed by atoms with Crippen LogP contribution in [-0.4, -0.2) is 75.3 Å². The lowest BCUT2D eigenvalue weighted by atomic mass is 9.46. The van der Waals surface area contributed by atoms with E-state index in [9.17, 15) is 18.3 Å². The zero-order valence-corrected chi connectivity index (χ0v) is 20.5. The Morgan fingerprint density at radius 1 is 1.12 bits per heavy atom. The van der Waals surface area contributed by atoms with Gasteiger partial charge >= 0.3 is 0 Å². The van der Waals surface area contributed by atoms with Crippen LogP contribution in [0.4, 0.5) is 0 Å². The molecule has 0 aromatic carbocycles. The summed E-state index contributed by atoms with van der Waals surface area (Å²) in [4.78, 5) is 15.1. The number of nitrogens with one attached hydrogen (secondary N) is 1. The van der Waals surface area contributed by atoms with E-state index in [-0.39, 0.29) is 41.2 Å². The van der Waals surface area contributed by atoms with Crippen LogP contribution in [0.5, 0.6) is 0 Å². The van der Waals surface area contributed by atoms with Crippen LogP contribution in [0.2, 0.25) is 0 Å². The molecule has 7 atom stereocenters. The van der Waals surface area contributed by atoms with Crippen molar-refractivity contribution in [1.29, 1.82) is 0 Å². The Kier molecular flexibility index (Phi) is 6.96. The molecule has 0 bridgehead atoms. The van der Waals surface area contributed by atoms with Crippen molar-refractivity contribution in [2.24, 2.45) is 22.7 Å². The van der Waals surface area contributed by atoms with Gasteiger partial charge in [0.25, 0.3) is 0 Å². The number of aliphatic hydroxyl groups is 1. The van der Waals surface area contributed by atoms with Gasteiger partial charge < -0.3 is 19.5 Å². The molecule has 2 aliphatic heterocycles. The van der Waals surface area contributed by atoms with E-state index in [0.717, 1.165) is 51.4 Å². The van der Waals surface area contributed by atoms with E-state index < -0.39 is 22.4 Å². The van der Waals surface area contributed by atoms with Crippen LogP contribution in [0.1, 0.15) is 65.2 Å². The number of hydrogen-bond acceptors (Lipinski definition) is 6. The zero-order chi connectivity index (χ0) is 23.1. The average molecular weight is 473 g/mol. The number of hydrogen-bond donors (Lipinski definition) is 2. The Bertz CT molecular complexity index is 800. The molecule has 2 saturated carbocycles. The van der Waals surface area contributed by atoms with Crippen molar-refractivity contribution >= 4 is 15.9 Å². The first-order chi connectivity index (χ1) is 15.0. The summed E-state index contributed by atoms with van der Waals surface area (Å²) in [5.41, 5.74) is -0.375. The molecule has 0 aromatic rings. The number of carbonyl (C=O) groups excluding carboxylic acids is 1. The van der Waals surface area contributed by atoms with Gasteiger partial charge in [-0.3, -0.25) is 4.79 Å². The minimum atomic E-state index is -3.30. The molecule has 4 rings (SSSR count). The second kappa shape index (κ2) is 9.13. The number of ether oxygens (including phenoxy) is 2. The molecule has 4 fully saturated rings. The number of rotatable bonds is 5. The molecule has 8 nitrogen and oxygen atoms in total. The Morgan fingerprint density at radius 2 is 1.84 bits per heavy atom. The standard InChI is InChI=1S/C23H40N2O6S/c1-22-10-9-19-23(2,15-30-21(31-19)14-24-32(3,28)29)18(22)8-7-17(26)16(22)13-20(27)25-11-5-4-6-12-25/h16-19,21,24,26H,4-15H2,1-3H3/t16-,17-,18+,19-,21-,22+,23+/m1/s1. The Morgan fingerprint density at radius 3 is 2.53 bits per heavy atom. The van der Waals surface area contributed by atoms with Crippen molar-refractivity contribution in [3.8, 4) is 0 Å². The number of piperidine rings is 1. The molecule has 2 heterocycles. The summed E-state index contributed by atoms with van der Waals surface area (Å²) < 4.78 is 37.6. The summed E-state index contributed by atoms with van der Waals surface area (Å²) >= 11 is 0. The summed E-state index contributed by atoms with van der Waals surface area (Å²) in [6.07, 6.45) is 7.11. The number of likely N-dealkylation sites (tertiary alicyclic amines) is 1. The van der Waals surface area contributed by atoms with Crippen LogP contribution < -0.4 is 4.72 Å². The van der Waals surface area contributed by atoms with Crippen molar-refractivity contribution in [3.63, 3.8) is 0 Å². The molecule has 0 unspecified atom stereocenters. The summed E-state index contributed by atoms with van der Waals surface area (Å²) in [6, 6.07) is 0. The lowest BCUT2D eigenvalue weighted by molar-refractivity contribution is -0.306. The minimum Gasteiger partial charge on any atom is -0.393 e. The smallest absolute Gasteiger partial charge is 0.222 e. The van der Waals surface area contributed by atoms with E-state index in [1.54, 1.807) is 0 Å². The van der Waals surface area contributed by atoms with Gasteiger partial charge in [0, 0.05) is 24.9 Å². The highest BCUT2D eigenvalue weighted by Crippen LogP contribution is 2.62. The molecular formula is C23H40N2O6S. The third-order valence-corrected chi connectivity index (χ3v) is 9.54. The SMILES string of the molecule is C[C@@]12CO[C@@H](CNS(C)(=O)=O)O[C@@H]1CC[C@]1(C)[C@@H]2CC[C@@H](O)[C@H]1CC(=O)N1CCCCC1. The van der Waals surface area contributed by atoms with Crippen molar-refractivity contribution in [3.05, 3.63) is 0 Å². The van der Waals surface area contributed by atoms with Crippen LogP contribution in [-0.2, 0) is 24.3 Å². The fourth-order valence-corrected chi connectivity index (χ4v) is 7.51. The molecule has 0 radical (unpaired) electrons. The first kappa shape index (κ1) is 24.4. The van der Waals surface area contributed by atoms with Crippen LogP contribution in [0.3, 0.4) is 0 Å². The molecule has 0 aromatic heterocycles. The van der Waals surface area contributed by atoms with Gasteiger partial charge in [-0.1, -0.05) is 13.8 Å². The van der Waals surface area contributed by atoms with E-state index in [4.69, 9.17) is 9.47 Å². The van der Waals surface area contributed by atoms with Crippen molar-refractivity contribution in [2.45, 2.75) is 83.7 Å². The molecule has 9 heteroatoms. The minimum absolute atomic E-state index is 0.0191. The molecule has 2 aliphatic carbocycles. The number of sulfonamides is 1. The van der Waals surface area contributed by atoms with E-state index in [1.165, 1.54) is 6.42 Å². The summed E-state index contributed by atoms with van der Waals surface area (Å²) in [5, 5.41) is 11.0. The van der Waals surface area contributed by atoms with Gasteiger partial charge in [0.1, 0.15) is 0 Å². The fourth-order valence-electron chi connectivity index (χ4n) is 7.07. The van der Waals surface area contributed by atoms with Gasteiger partial charge in [0.15, 0.2) is 6.29 Å². The lowest BCUT2D eigenvalue weighted by Crippen LogP contribution is -2.63. The van der Waals surface area contributed by atoms with Gasteiger partial charge in [-0.25, -0.2) is 13.1 Å². The number of carbonyl (C=O) groups is 1. The third kappa shape index (κ3) is 4.73. The fraction of sp³-hybridized carbons (Fsp3) is 0.957. The maximum Gasteiger partial charge on any atom is 0.222 e. The van der Waals surface area contributed by atoms with Crippen LogP contribution in [0.25, 0.3) is 0 Å². The van der Waals surface area contributed by atoms with Crippen molar-refractivity contribution < 1.29 is 27.8 Å². The average Bonchev–Trinajstić information content (AvgIpc) is 2.74. The highest BCUT2D eigenvalue weighted by atomic mass is 32.2. The lowest BCUT2D eigenvalue weighted by Gasteiger charge is -2.63. The van der Waals surface area contributed by atoms with Crippen molar-refractivity contribution in [1.82, 2.24) is 9.62 Å². The second-order valence-electron chi connectivity index (χ2n) is 11.0. The molecule has 1 amide bonds. The predicted molar refractivity (Wildman–Crippen MR) is 120 cm³/mol. The van der Waals surface area contributed by atoms with Gasteiger partial charge in [0.05, 0.1) is 31.6 Å². The Balaban J connectivity index is 1.47. The predicted octanol–water partition coefficient (Wildman–Crippen LogP) is 1.87. The largest absolute Gasteiger partial charge is 0.393 e. The molecular weight excluding hydrogens is 432 g/mol. The van der Waals surface area contributed by atoms with Gasteiger partial charge in [-0.2, -0.15) is 0 Å². The second-order valence-corrected chi connectivity index (χ2v) is 12.8. The normalized spacial score (nSPS) is 42.8. The van der Waals surface area contributed by atoms with Gasteiger partial charge in [-0.15, -0.1) is 0 Å². The molecule has 184 valence electrons. The zero-order valence-electron chi connectivity index (χ0n) is 19.7. The van der Waals surface area contributed by atoms with Crippen molar-refractivity contribution in [2.75, 3.05) is 32.5 Å². The third-order valence-electron chi connectivity index (χ3n) is 8.85. The monoisotopic (exact) mass is 472 g/mol. The molecule has 4 aliphatic rings. The summed E-state index contributed by atoms with van der Waals surface area (Å²) in [5.74, 6) is 0.407. The number of fused-ring (bicyclic) bond motifs is 3. The highest BCUT2D eigenvalue weighted by molar-refractivity contribution is 7.88. The van der Waals surface area contributed by atoms with E-state index in [1.807, 2.05) is 4.90 Å². The highest BCUT2D eigenvalue weighted by Gasteiger charge is 2.61. The molecule has 2 N–H and O–H groups in total. The Labute approximate surface area is 192 Å². The first-order valence-electron chi connectivity index (χ1n) is 12.2. The number of amides is 1. The maximum absolute atomic E-state index is 13.1. The quantitative estimate of drug-likeness (QED) is 0.633. The van der Waals surface area contributed by atoms with Crippen LogP contribution in [0, 0.1) is 22.7 Å². The van der Waals surface area contributed by atoms with E-state index in [2.05, 4.69) is 18.6 Å². The summed E-state index contributed by atoms with van der Waals surface area (Å²) in [6.45, 7) is 6.75.